The van der Waals surface area contributed by atoms with Crippen LogP contribution < -0.4 is 5.32 Å². The highest BCUT2D eigenvalue weighted by Crippen LogP contribution is 2.43. The minimum absolute atomic E-state index is 0.0691. The molecular weight excluding hydrogens is 268 g/mol. The third-order valence-corrected chi connectivity index (χ3v) is 5.85. The van der Waals surface area contributed by atoms with Gasteiger partial charge in [0.15, 0.2) is 0 Å². The van der Waals surface area contributed by atoms with Gasteiger partial charge in [-0.1, -0.05) is 26.7 Å². The quantitative estimate of drug-likeness (QED) is 0.814. The Hall–Kier alpha value is -0.450. The molecule has 1 heterocycles. The van der Waals surface area contributed by atoms with Gasteiger partial charge < -0.3 is 10.1 Å². The van der Waals surface area contributed by atoms with Gasteiger partial charge in [-0.25, -0.2) is 4.98 Å². The molecule has 0 amide bonds. The van der Waals surface area contributed by atoms with E-state index in [-0.39, 0.29) is 5.54 Å². The molecule has 3 nitrogen and oxygen atoms in total. The summed E-state index contributed by atoms with van der Waals surface area (Å²) in [6, 6.07) is 0. The molecule has 0 radical (unpaired) electrons. The van der Waals surface area contributed by atoms with Gasteiger partial charge in [0.2, 0.25) is 0 Å². The second-order valence-electron chi connectivity index (χ2n) is 5.91. The lowest BCUT2D eigenvalue weighted by molar-refractivity contribution is 0.128. The first-order valence-corrected chi connectivity index (χ1v) is 8.66. The highest BCUT2D eigenvalue weighted by atomic mass is 32.1. The zero-order valence-electron chi connectivity index (χ0n) is 13.3. The summed E-state index contributed by atoms with van der Waals surface area (Å²) in [5.41, 5.74) is 1.34. The smallest absolute Gasteiger partial charge is 0.114 e. The van der Waals surface area contributed by atoms with E-state index in [1.165, 1.54) is 41.3 Å². The van der Waals surface area contributed by atoms with Crippen LogP contribution in [0.25, 0.3) is 0 Å². The summed E-state index contributed by atoms with van der Waals surface area (Å²) < 4.78 is 5.22. The largest absolute Gasteiger partial charge is 0.383 e. The third kappa shape index (κ3) is 3.07. The van der Waals surface area contributed by atoms with Crippen LogP contribution >= 0.6 is 11.3 Å². The fourth-order valence-electron chi connectivity index (χ4n) is 3.33. The molecule has 1 fully saturated rings. The van der Waals surface area contributed by atoms with Gasteiger partial charge in [-0.05, 0) is 32.1 Å². The van der Waals surface area contributed by atoms with E-state index in [2.05, 4.69) is 26.1 Å². The predicted octanol–water partition coefficient (Wildman–Crippen LogP) is 3.66. The topological polar surface area (TPSA) is 34.2 Å². The van der Waals surface area contributed by atoms with Crippen LogP contribution in [0.3, 0.4) is 0 Å². The number of ether oxygens (including phenoxy) is 1. The Morgan fingerprint density at radius 1 is 1.45 bits per heavy atom. The lowest BCUT2D eigenvalue weighted by Crippen LogP contribution is -2.50. The van der Waals surface area contributed by atoms with Gasteiger partial charge in [-0.15, -0.1) is 11.3 Å². The molecule has 4 heteroatoms. The van der Waals surface area contributed by atoms with Gasteiger partial charge in [-0.2, -0.15) is 0 Å². The minimum atomic E-state index is 0.0691. The van der Waals surface area contributed by atoms with Crippen molar-refractivity contribution in [3.05, 3.63) is 15.6 Å². The van der Waals surface area contributed by atoms with E-state index in [4.69, 9.17) is 9.72 Å². The van der Waals surface area contributed by atoms with E-state index < -0.39 is 0 Å². The molecule has 0 aromatic carbocycles. The van der Waals surface area contributed by atoms with E-state index in [0.29, 0.717) is 5.92 Å². The number of hydrogen-bond acceptors (Lipinski definition) is 4. The van der Waals surface area contributed by atoms with E-state index >= 15 is 0 Å². The Bertz CT molecular complexity index is 432. The maximum absolute atomic E-state index is 5.22. The summed E-state index contributed by atoms with van der Waals surface area (Å²) in [7, 11) is 1.77. The van der Waals surface area contributed by atoms with Crippen molar-refractivity contribution in [3.8, 4) is 0 Å². The predicted molar refractivity (Wildman–Crippen MR) is 85.4 cm³/mol. The number of nitrogens with one attached hydrogen (secondary N) is 1. The van der Waals surface area contributed by atoms with Crippen LogP contribution in [0, 0.1) is 12.8 Å². The van der Waals surface area contributed by atoms with Gasteiger partial charge in [0.05, 0.1) is 17.8 Å². The first-order valence-electron chi connectivity index (χ1n) is 7.84. The Morgan fingerprint density at radius 3 is 2.85 bits per heavy atom. The molecule has 0 bridgehead atoms. The number of rotatable bonds is 6. The number of methoxy groups -OCH3 is 1. The molecule has 1 aliphatic rings. The van der Waals surface area contributed by atoms with Crippen molar-refractivity contribution in [3.63, 3.8) is 0 Å². The van der Waals surface area contributed by atoms with E-state index in [9.17, 15) is 0 Å². The van der Waals surface area contributed by atoms with Crippen molar-refractivity contribution in [2.45, 2.75) is 58.4 Å². The van der Waals surface area contributed by atoms with Crippen LogP contribution in [0.4, 0.5) is 0 Å². The Morgan fingerprint density at radius 2 is 2.25 bits per heavy atom. The zero-order valence-corrected chi connectivity index (χ0v) is 14.1. The Labute approximate surface area is 127 Å². The zero-order chi connectivity index (χ0) is 14.6. The molecule has 1 aromatic heterocycles. The molecule has 0 saturated heterocycles. The maximum Gasteiger partial charge on any atom is 0.114 e. The maximum atomic E-state index is 5.22. The average Bonchev–Trinajstić information content (AvgIpc) is 2.83. The van der Waals surface area contributed by atoms with Gasteiger partial charge in [0.25, 0.3) is 0 Å². The first kappa shape index (κ1) is 15.9. The number of hydrogen-bond donors (Lipinski definition) is 1. The van der Waals surface area contributed by atoms with Crippen LogP contribution in [0.15, 0.2) is 0 Å². The van der Waals surface area contributed by atoms with E-state index in [1.807, 2.05) is 11.3 Å². The monoisotopic (exact) mass is 296 g/mol. The summed E-state index contributed by atoms with van der Waals surface area (Å²) in [6.07, 6.45) is 6.17. The number of aryl methyl sites for hydroxylation is 2. The normalized spacial score (nSPS) is 26.9. The summed E-state index contributed by atoms with van der Waals surface area (Å²) in [6.45, 7) is 8.44. The fourth-order valence-corrected chi connectivity index (χ4v) is 4.64. The molecule has 114 valence electrons. The summed E-state index contributed by atoms with van der Waals surface area (Å²) in [5.74, 6) is 0.642. The van der Waals surface area contributed by atoms with Crippen LogP contribution in [0.5, 0.6) is 0 Å². The van der Waals surface area contributed by atoms with Gasteiger partial charge in [-0.3, -0.25) is 0 Å². The molecule has 2 rings (SSSR count). The molecule has 0 aliphatic heterocycles. The molecule has 1 aromatic rings. The molecule has 1 N–H and O–H groups in total. The second kappa shape index (κ2) is 7.01. The number of aromatic nitrogens is 1. The van der Waals surface area contributed by atoms with E-state index in [0.717, 1.165) is 19.6 Å². The van der Waals surface area contributed by atoms with E-state index in [1.54, 1.807) is 7.11 Å². The Kier molecular flexibility index (Phi) is 5.58. The molecule has 2 atom stereocenters. The average molecular weight is 296 g/mol. The van der Waals surface area contributed by atoms with Crippen LogP contribution in [-0.2, 0) is 16.7 Å². The van der Waals surface area contributed by atoms with Crippen molar-refractivity contribution in [2.75, 3.05) is 20.3 Å². The summed E-state index contributed by atoms with van der Waals surface area (Å²) in [4.78, 5) is 6.35. The third-order valence-electron chi connectivity index (χ3n) is 4.66. The second-order valence-corrected chi connectivity index (χ2v) is 7.12. The molecule has 20 heavy (non-hydrogen) atoms. The molecule has 1 saturated carbocycles. The number of thiazole rings is 1. The van der Waals surface area contributed by atoms with Crippen molar-refractivity contribution < 1.29 is 4.74 Å². The summed E-state index contributed by atoms with van der Waals surface area (Å²) >= 11 is 1.89. The van der Waals surface area contributed by atoms with Crippen LogP contribution in [-0.4, -0.2) is 25.2 Å². The van der Waals surface area contributed by atoms with Gasteiger partial charge in [0.1, 0.15) is 5.01 Å². The van der Waals surface area contributed by atoms with Crippen molar-refractivity contribution >= 4 is 11.3 Å². The van der Waals surface area contributed by atoms with Crippen LogP contribution in [0.1, 0.15) is 55.1 Å². The molecule has 2 unspecified atom stereocenters. The lowest BCUT2D eigenvalue weighted by atomic mass is 9.74. The fraction of sp³-hybridized carbons (Fsp3) is 0.812. The highest BCUT2D eigenvalue weighted by molar-refractivity contribution is 7.11. The highest BCUT2D eigenvalue weighted by Gasteiger charge is 2.41. The lowest BCUT2D eigenvalue weighted by Gasteiger charge is -2.42. The molecular formula is C16H28N2OS. The van der Waals surface area contributed by atoms with Crippen LogP contribution in [0.2, 0.25) is 0 Å². The first-order chi connectivity index (χ1) is 9.64. The SMILES string of the molecule is CCc1nc(C2(NCCOC)CCCCC2C)sc1C. The van der Waals surface area contributed by atoms with Gasteiger partial charge in [0, 0.05) is 18.5 Å². The van der Waals surface area contributed by atoms with Gasteiger partial charge >= 0.3 is 0 Å². The number of nitrogens with zero attached hydrogens (tertiary/aromatic N) is 1. The van der Waals surface area contributed by atoms with Crippen molar-refractivity contribution in [1.82, 2.24) is 10.3 Å². The molecule has 0 spiro atoms. The standard InChI is InChI=1S/C16H28N2OS/c1-5-14-13(3)20-15(18-14)16(17-10-11-19-4)9-7-6-8-12(16)2/h12,17H,5-11H2,1-4H3. The Balaban J connectivity index is 2.28. The summed E-state index contributed by atoms with van der Waals surface area (Å²) in [5, 5.41) is 5.09. The van der Waals surface area contributed by atoms with Crippen molar-refractivity contribution in [1.29, 1.82) is 0 Å². The minimum Gasteiger partial charge on any atom is -0.383 e. The molecule has 1 aliphatic carbocycles. The van der Waals surface area contributed by atoms with Crippen molar-refractivity contribution in [2.24, 2.45) is 5.92 Å².